The minimum atomic E-state index is -0.239. The monoisotopic (exact) mass is 526 g/mol. The van der Waals surface area contributed by atoms with Gasteiger partial charge in [-0.2, -0.15) is 4.98 Å². The molecule has 0 atom stereocenters. The van der Waals surface area contributed by atoms with Crippen molar-refractivity contribution in [2.24, 2.45) is 0 Å². The second-order valence-corrected chi connectivity index (χ2v) is 10.1. The van der Waals surface area contributed by atoms with Crippen molar-refractivity contribution in [2.75, 3.05) is 23.8 Å². The number of benzene rings is 2. The van der Waals surface area contributed by atoms with E-state index in [9.17, 15) is 9.59 Å². The molecule has 1 saturated carbocycles. The van der Waals surface area contributed by atoms with Crippen molar-refractivity contribution in [3.63, 3.8) is 0 Å². The third-order valence-electron chi connectivity index (χ3n) is 7.40. The van der Waals surface area contributed by atoms with Crippen molar-refractivity contribution >= 4 is 40.4 Å². The predicted molar refractivity (Wildman–Crippen MR) is 147 cm³/mol. The second-order valence-electron chi connectivity index (χ2n) is 10.1. The number of amides is 2. The van der Waals surface area contributed by atoms with Gasteiger partial charge in [-0.15, -0.1) is 0 Å². The van der Waals surface area contributed by atoms with Crippen LogP contribution in [0.15, 0.2) is 48.8 Å². The van der Waals surface area contributed by atoms with E-state index in [1.807, 2.05) is 25.1 Å². The van der Waals surface area contributed by atoms with Gasteiger partial charge in [-0.05, 0) is 62.1 Å². The topological polar surface area (TPSA) is 126 Å². The van der Waals surface area contributed by atoms with E-state index in [4.69, 9.17) is 9.72 Å². The summed E-state index contributed by atoms with van der Waals surface area (Å²) in [5.74, 6) is 1.55. The molecule has 2 aliphatic rings. The van der Waals surface area contributed by atoms with Crippen molar-refractivity contribution in [2.45, 2.75) is 51.5 Å². The van der Waals surface area contributed by atoms with Crippen LogP contribution in [0.3, 0.4) is 0 Å². The largest absolute Gasteiger partial charge is 0.494 e. The molecule has 0 spiro atoms. The van der Waals surface area contributed by atoms with Crippen LogP contribution in [0.25, 0.3) is 11.2 Å². The smallest absolute Gasteiger partial charge is 0.307 e. The maximum Gasteiger partial charge on any atom is 0.307 e. The fourth-order valence-electron chi connectivity index (χ4n) is 5.32. The Hall–Kier alpha value is -4.47. The zero-order valence-electron chi connectivity index (χ0n) is 21.9. The number of imidazole rings is 1. The number of anilines is 3. The van der Waals surface area contributed by atoms with Gasteiger partial charge in [-0.25, -0.2) is 4.98 Å². The molecule has 0 unspecified atom stereocenters. The molecule has 0 radical (unpaired) electrons. The lowest BCUT2D eigenvalue weighted by Crippen LogP contribution is -2.31. The Morgan fingerprint density at radius 1 is 1.05 bits per heavy atom. The average molecular weight is 527 g/mol. The molecule has 2 amide bonds. The molecule has 1 fully saturated rings. The van der Waals surface area contributed by atoms with Gasteiger partial charge in [0.1, 0.15) is 5.75 Å². The first-order valence-electron chi connectivity index (χ1n) is 13.6. The minimum absolute atomic E-state index is 0.239. The number of hydrogen-bond donors (Lipinski definition) is 3. The van der Waals surface area contributed by atoms with Crippen LogP contribution in [0.1, 0.15) is 64.8 Å². The highest BCUT2D eigenvalue weighted by molar-refractivity contribution is 6.21. The summed E-state index contributed by atoms with van der Waals surface area (Å²) in [5.41, 5.74) is 4.41. The number of aryl methyl sites for hydroxylation is 1. The van der Waals surface area contributed by atoms with E-state index in [0.717, 1.165) is 46.8 Å². The molecule has 0 bridgehead atoms. The molecular weight excluding hydrogens is 494 g/mol. The van der Waals surface area contributed by atoms with Gasteiger partial charge in [0.05, 0.1) is 17.7 Å². The first-order chi connectivity index (χ1) is 19.1. The second kappa shape index (κ2) is 10.7. The standard InChI is InChI=1S/C29H31N7O3/c1-18-16-20(39-15-7-14-36-27(37)21-10-5-6-11-22(21)28(36)38)12-13-23(18)33-29-34-25-24(30-17-31-25)26(35-29)32-19-8-3-2-4-9-19/h5-6,10-13,16-17,19H,2-4,7-9,14-15H2,1H3,(H3,30,31,32,33,34,35)/p+1. The van der Waals surface area contributed by atoms with Gasteiger partial charge in [-0.3, -0.25) is 19.5 Å². The molecule has 2 aromatic heterocycles. The summed E-state index contributed by atoms with van der Waals surface area (Å²) in [7, 11) is 0. The number of fused-ring (bicyclic) bond motifs is 2. The van der Waals surface area contributed by atoms with Crippen molar-refractivity contribution in [3.8, 4) is 5.75 Å². The number of nitrogens with one attached hydrogen (secondary N) is 4. The predicted octanol–water partition coefficient (Wildman–Crippen LogP) is 4.63. The number of ether oxygens (including phenoxy) is 1. The van der Waals surface area contributed by atoms with Gasteiger partial charge in [0.25, 0.3) is 11.8 Å². The Bertz CT molecular complexity index is 1490. The lowest BCUT2D eigenvalue weighted by atomic mass is 9.95. The number of carbonyl (C=O) groups excluding carboxylic acids is 2. The number of hydrogen-bond acceptors (Lipinski definition) is 7. The summed E-state index contributed by atoms with van der Waals surface area (Å²) >= 11 is 0. The van der Waals surface area contributed by atoms with Crippen molar-refractivity contribution in [1.29, 1.82) is 0 Å². The molecule has 6 rings (SSSR count). The van der Waals surface area contributed by atoms with Crippen molar-refractivity contribution < 1.29 is 19.3 Å². The Morgan fingerprint density at radius 3 is 2.56 bits per heavy atom. The molecule has 39 heavy (non-hydrogen) atoms. The number of aromatic nitrogens is 4. The number of aromatic amines is 2. The molecule has 10 nitrogen and oxygen atoms in total. The molecule has 2 aromatic carbocycles. The quantitative estimate of drug-likeness (QED) is 0.214. The van der Waals surface area contributed by atoms with Gasteiger partial charge in [0.2, 0.25) is 5.52 Å². The number of H-pyrrole nitrogens is 2. The lowest BCUT2D eigenvalue weighted by Gasteiger charge is -2.23. The van der Waals surface area contributed by atoms with Gasteiger partial charge in [-0.1, -0.05) is 36.4 Å². The van der Waals surface area contributed by atoms with Crippen LogP contribution in [-0.4, -0.2) is 50.9 Å². The van der Waals surface area contributed by atoms with E-state index < -0.39 is 0 Å². The molecule has 4 N–H and O–H groups in total. The van der Waals surface area contributed by atoms with Crippen molar-refractivity contribution in [3.05, 3.63) is 65.5 Å². The maximum atomic E-state index is 12.5. The summed E-state index contributed by atoms with van der Waals surface area (Å²) < 4.78 is 5.92. The number of imide groups is 1. The number of rotatable bonds is 9. The number of nitrogens with zero attached hydrogens (tertiary/aromatic N) is 3. The summed E-state index contributed by atoms with van der Waals surface area (Å²) in [6.07, 6.45) is 8.39. The summed E-state index contributed by atoms with van der Waals surface area (Å²) in [4.78, 5) is 42.1. The first kappa shape index (κ1) is 24.8. The average Bonchev–Trinajstić information content (AvgIpc) is 3.52. The van der Waals surface area contributed by atoms with Crippen LogP contribution in [0.5, 0.6) is 5.75 Å². The van der Waals surface area contributed by atoms with Gasteiger partial charge >= 0.3 is 11.6 Å². The summed E-state index contributed by atoms with van der Waals surface area (Å²) in [6.45, 7) is 2.70. The highest BCUT2D eigenvalue weighted by Crippen LogP contribution is 2.28. The Labute approximate surface area is 226 Å². The third kappa shape index (κ3) is 5.14. The van der Waals surface area contributed by atoms with Crippen molar-refractivity contribution in [1.82, 2.24) is 19.9 Å². The molecule has 4 aromatic rings. The fraction of sp³-hybridized carbons (Fsp3) is 0.345. The molecule has 3 heterocycles. The van der Waals surface area contributed by atoms with Crippen LogP contribution in [0.4, 0.5) is 17.5 Å². The van der Waals surface area contributed by atoms with Crippen LogP contribution < -0.4 is 20.4 Å². The lowest BCUT2D eigenvalue weighted by molar-refractivity contribution is -0.347. The Morgan fingerprint density at radius 2 is 1.82 bits per heavy atom. The molecule has 10 heteroatoms. The number of carbonyl (C=O) groups is 2. The van der Waals surface area contributed by atoms with Gasteiger partial charge in [0.15, 0.2) is 12.1 Å². The minimum Gasteiger partial charge on any atom is -0.494 e. The van der Waals surface area contributed by atoms with E-state index >= 15 is 0 Å². The van der Waals surface area contributed by atoms with Gasteiger partial charge < -0.3 is 15.4 Å². The summed E-state index contributed by atoms with van der Waals surface area (Å²) in [6, 6.07) is 13.1. The summed E-state index contributed by atoms with van der Waals surface area (Å²) in [5, 5.41) is 6.96. The van der Waals surface area contributed by atoms with Gasteiger partial charge in [0, 0.05) is 18.3 Å². The fourth-order valence-corrected chi connectivity index (χ4v) is 5.32. The Kier molecular flexibility index (Phi) is 6.83. The van der Waals surface area contributed by atoms with E-state index in [2.05, 4.69) is 25.6 Å². The maximum absolute atomic E-state index is 12.5. The van der Waals surface area contributed by atoms with Crippen LogP contribution in [0, 0.1) is 6.92 Å². The highest BCUT2D eigenvalue weighted by atomic mass is 16.5. The molecular formula is C29H32N7O3+. The SMILES string of the molecule is Cc1cc(OCCCN2C(=O)c3ccccc3C2=O)ccc1Nc1nc(NC2CCCCC2)c2[nH]c[nH+]c2n1. The zero-order valence-corrected chi connectivity index (χ0v) is 21.9. The van der Waals surface area contributed by atoms with Crippen LogP contribution in [-0.2, 0) is 0 Å². The zero-order chi connectivity index (χ0) is 26.8. The molecule has 0 saturated heterocycles. The van der Waals surface area contributed by atoms with Crippen LogP contribution >= 0.6 is 0 Å². The normalized spacial score (nSPS) is 15.6. The van der Waals surface area contributed by atoms with E-state index in [1.165, 1.54) is 24.2 Å². The van der Waals surface area contributed by atoms with E-state index in [-0.39, 0.29) is 11.8 Å². The molecule has 200 valence electrons. The third-order valence-corrected chi connectivity index (χ3v) is 7.40. The first-order valence-corrected chi connectivity index (χ1v) is 13.6. The molecule has 1 aliphatic carbocycles. The van der Waals surface area contributed by atoms with E-state index in [1.54, 1.807) is 30.6 Å². The Balaban J connectivity index is 1.07. The van der Waals surface area contributed by atoms with Crippen LogP contribution in [0.2, 0.25) is 0 Å². The molecule has 1 aliphatic heterocycles. The van der Waals surface area contributed by atoms with E-state index in [0.29, 0.717) is 42.7 Å². The highest BCUT2D eigenvalue weighted by Gasteiger charge is 2.34.